The molecule has 3 rings (SSSR count). The van der Waals surface area contributed by atoms with E-state index in [-0.39, 0.29) is 18.3 Å². The molecule has 2 aromatic rings. The lowest BCUT2D eigenvalue weighted by atomic mass is 10.0. The van der Waals surface area contributed by atoms with Crippen molar-refractivity contribution in [3.05, 3.63) is 64.9 Å². The van der Waals surface area contributed by atoms with Crippen LogP contribution in [0.1, 0.15) is 37.1 Å². The molecule has 5 nitrogen and oxygen atoms in total. The van der Waals surface area contributed by atoms with Crippen LogP contribution in [0, 0.1) is 0 Å². The van der Waals surface area contributed by atoms with Crippen molar-refractivity contribution in [3.8, 4) is 0 Å². The highest BCUT2D eigenvalue weighted by atomic mass is 35.5. The monoisotopic (exact) mass is 374 g/mol. The Morgan fingerprint density at radius 3 is 2.58 bits per heavy atom. The summed E-state index contributed by atoms with van der Waals surface area (Å²) in [5.41, 5.74) is 1.88. The van der Waals surface area contributed by atoms with E-state index < -0.39 is 0 Å². The molecule has 0 saturated carbocycles. The van der Waals surface area contributed by atoms with E-state index in [1.54, 1.807) is 11.1 Å². The zero-order valence-electron chi connectivity index (χ0n) is 14.8. The number of aromatic nitrogens is 1. The number of pyridine rings is 1. The fourth-order valence-electron chi connectivity index (χ4n) is 3.07. The van der Waals surface area contributed by atoms with Gasteiger partial charge in [-0.15, -0.1) is 0 Å². The molecule has 2 heterocycles. The van der Waals surface area contributed by atoms with Gasteiger partial charge in [-0.25, -0.2) is 4.79 Å². The second-order valence-corrected chi connectivity index (χ2v) is 6.64. The summed E-state index contributed by atoms with van der Waals surface area (Å²) < 4.78 is 11.5. The number of ether oxygens (including phenoxy) is 2. The highest BCUT2D eigenvalue weighted by molar-refractivity contribution is 6.30. The molecule has 0 spiro atoms. The molecule has 1 aliphatic rings. The van der Waals surface area contributed by atoms with E-state index in [2.05, 4.69) is 4.98 Å². The Bertz CT molecular complexity index is 701. The molecule has 1 amide bonds. The molecule has 1 saturated heterocycles. The standard InChI is InChI=1S/C20H23ClN2O3/c1-2-25-20(24)23-13-10-17(11-14-23)26-19(18-5-3-4-12-22-18)15-6-8-16(21)9-7-15/h3-9,12,17,19H,2,10-11,13-14H2,1H3/t19-/m0/s1. The van der Waals surface area contributed by atoms with Crippen LogP contribution in [-0.2, 0) is 9.47 Å². The SMILES string of the molecule is CCOC(=O)N1CCC(O[C@@H](c2ccc(Cl)cc2)c2ccccn2)CC1. The van der Waals surface area contributed by atoms with Crippen LogP contribution < -0.4 is 0 Å². The molecule has 1 atom stereocenters. The average Bonchev–Trinajstić information content (AvgIpc) is 2.68. The summed E-state index contributed by atoms with van der Waals surface area (Å²) in [5, 5.41) is 0.691. The summed E-state index contributed by atoms with van der Waals surface area (Å²) in [4.78, 5) is 18.0. The van der Waals surface area contributed by atoms with Gasteiger partial charge in [0.05, 0.1) is 18.4 Å². The maximum atomic E-state index is 11.8. The van der Waals surface area contributed by atoms with Gasteiger partial charge in [0.1, 0.15) is 6.10 Å². The van der Waals surface area contributed by atoms with Gasteiger partial charge in [0, 0.05) is 24.3 Å². The lowest BCUT2D eigenvalue weighted by molar-refractivity contribution is -0.0275. The van der Waals surface area contributed by atoms with Crippen LogP contribution in [0.5, 0.6) is 0 Å². The molecule has 1 aromatic carbocycles. The van der Waals surface area contributed by atoms with Crippen LogP contribution in [0.2, 0.25) is 5.02 Å². The Morgan fingerprint density at radius 2 is 1.96 bits per heavy atom. The molecule has 138 valence electrons. The number of hydrogen-bond donors (Lipinski definition) is 0. The number of carbonyl (C=O) groups is 1. The molecule has 6 heteroatoms. The Balaban J connectivity index is 1.69. The molecule has 0 aliphatic carbocycles. The molecule has 0 unspecified atom stereocenters. The molecular formula is C20H23ClN2O3. The van der Waals surface area contributed by atoms with Gasteiger partial charge in [-0.3, -0.25) is 4.98 Å². The van der Waals surface area contributed by atoms with Crippen molar-refractivity contribution in [1.29, 1.82) is 0 Å². The Hall–Kier alpha value is -2.11. The van der Waals surface area contributed by atoms with E-state index in [0.717, 1.165) is 24.1 Å². The smallest absolute Gasteiger partial charge is 0.409 e. The van der Waals surface area contributed by atoms with Gasteiger partial charge in [0.15, 0.2) is 0 Å². The number of amides is 1. The molecule has 1 aliphatic heterocycles. The maximum Gasteiger partial charge on any atom is 0.409 e. The minimum Gasteiger partial charge on any atom is -0.450 e. The summed E-state index contributed by atoms with van der Waals surface area (Å²) >= 11 is 6.02. The number of carbonyl (C=O) groups excluding carboxylic acids is 1. The number of piperidine rings is 1. The summed E-state index contributed by atoms with van der Waals surface area (Å²) in [6.45, 7) is 3.49. The van der Waals surface area contributed by atoms with E-state index in [4.69, 9.17) is 21.1 Å². The summed E-state index contributed by atoms with van der Waals surface area (Å²) in [5.74, 6) is 0. The first-order valence-corrected chi connectivity index (χ1v) is 9.28. The van der Waals surface area contributed by atoms with Gasteiger partial charge in [-0.1, -0.05) is 29.8 Å². The highest BCUT2D eigenvalue weighted by Crippen LogP contribution is 2.29. The third kappa shape index (κ3) is 4.74. The van der Waals surface area contributed by atoms with Crippen molar-refractivity contribution in [2.45, 2.75) is 32.0 Å². The zero-order valence-corrected chi connectivity index (χ0v) is 15.6. The van der Waals surface area contributed by atoms with Crippen molar-refractivity contribution in [3.63, 3.8) is 0 Å². The number of nitrogens with zero attached hydrogens (tertiary/aromatic N) is 2. The Morgan fingerprint density at radius 1 is 1.23 bits per heavy atom. The Labute approximate surface area is 158 Å². The predicted octanol–water partition coefficient (Wildman–Crippen LogP) is 4.46. The van der Waals surface area contributed by atoms with E-state index in [1.807, 2.05) is 49.4 Å². The van der Waals surface area contributed by atoms with Crippen LogP contribution in [0.4, 0.5) is 4.79 Å². The van der Waals surface area contributed by atoms with E-state index in [1.165, 1.54) is 0 Å². The largest absolute Gasteiger partial charge is 0.450 e. The van der Waals surface area contributed by atoms with Gasteiger partial charge in [-0.2, -0.15) is 0 Å². The van der Waals surface area contributed by atoms with Gasteiger partial charge < -0.3 is 14.4 Å². The fourth-order valence-corrected chi connectivity index (χ4v) is 3.20. The van der Waals surface area contributed by atoms with Gasteiger partial charge in [-0.05, 0) is 49.6 Å². The predicted molar refractivity (Wildman–Crippen MR) is 100 cm³/mol. The molecule has 0 radical (unpaired) electrons. The molecule has 0 N–H and O–H groups in total. The molecule has 1 fully saturated rings. The van der Waals surface area contributed by atoms with E-state index in [9.17, 15) is 4.79 Å². The first-order valence-electron chi connectivity index (χ1n) is 8.91. The van der Waals surface area contributed by atoms with Crippen molar-refractivity contribution >= 4 is 17.7 Å². The summed E-state index contributed by atoms with van der Waals surface area (Å²) in [6, 6.07) is 13.5. The topological polar surface area (TPSA) is 51.7 Å². The van der Waals surface area contributed by atoms with Crippen LogP contribution >= 0.6 is 11.6 Å². The van der Waals surface area contributed by atoms with Crippen LogP contribution in [0.15, 0.2) is 48.7 Å². The number of likely N-dealkylation sites (tertiary alicyclic amines) is 1. The van der Waals surface area contributed by atoms with Crippen LogP contribution in [0.25, 0.3) is 0 Å². The molecule has 0 bridgehead atoms. The zero-order chi connectivity index (χ0) is 18.4. The number of hydrogen-bond acceptors (Lipinski definition) is 4. The highest BCUT2D eigenvalue weighted by Gasteiger charge is 2.27. The summed E-state index contributed by atoms with van der Waals surface area (Å²) in [7, 11) is 0. The molecule has 26 heavy (non-hydrogen) atoms. The summed E-state index contributed by atoms with van der Waals surface area (Å²) in [6.07, 6.45) is 2.87. The van der Waals surface area contributed by atoms with Crippen molar-refractivity contribution in [2.75, 3.05) is 19.7 Å². The minimum atomic E-state index is -0.257. The van der Waals surface area contributed by atoms with Crippen LogP contribution in [-0.4, -0.2) is 41.8 Å². The van der Waals surface area contributed by atoms with E-state index >= 15 is 0 Å². The third-order valence-corrected chi connectivity index (χ3v) is 4.68. The number of rotatable bonds is 5. The van der Waals surface area contributed by atoms with Crippen molar-refractivity contribution in [1.82, 2.24) is 9.88 Å². The maximum absolute atomic E-state index is 11.8. The van der Waals surface area contributed by atoms with Gasteiger partial charge in [0.25, 0.3) is 0 Å². The second kappa shape index (κ2) is 9.01. The Kier molecular flexibility index (Phi) is 6.47. The number of halogens is 1. The minimum absolute atomic E-state index is 0.0587. The average molecular weight is 375 g/mol. The quantitative estimate of drug-likeness (QED) is 0.775. The first-order chi connectivity index (χ1) is 12.7. The van der Waals surface area contributed by atoms with Crippen molar-refractivity contribution in [2.24, 2.45) is 0 Å². The second-order valence-electron chi connectivity index (χ2n) is 6.21. The molecule has 1 aromatic heterocycles. The van der Waals surface area contributed by atoms with Crippen molar-refractivity contribution < 1.29 is 14.3 Å². The third-order valence-electron chi connectivity index (χ3n) is 4.43. The lowest BCUT2D eigenvalue weighted by Gasteiger charge is -2.33. The fraction of sp³-hybridized carbons (Fsp3) is 0.400. The normalized spacial score (nSPS) is 16.3. The van der Waals surface area contributed by atoms with Crippen LogP contribution in [0.3, 0.4) is 0 Å². The van der Waals surface area contributed by atoms with E-state index in [0.29, 0.717) is 24.7 Å². The van der Waals surface area contributed by atoms with Gasteiger partial charge in [0.2, 0.25) is 0 Å². The van der Waals surface area contributed by atoms with Gasteiger partial charge >= 0.3 is 6.09 Å². The lowest BCUT2D eigenvalue weighted by Crippen LogP contribution is -2.41. The number of benzene rings is 1. The first kappa shape index (κ1) is 18.7. The molecular weight excluding hydrogens is 352 g/mol.